The molecule has 6 heteroatoms. The van der Waals surface area contributed by atoms with Crippen LogP contribution in [0.15, 0.2) is 23.1 Å². The molecule has 18 heavy (non-hydrogen) atoms. The summed E-state index contributed by atoms with van der Waals surface area (Å²) in [7, 11) is -3.38. The van der Waals surface area contributed by atoms with Crippen LogP contribution in [-0.2, 0) is 14.6 Å². The smallest absolute Gasteiger partial charge is 0.180 e. The zero-order chi connectivity index (χ0) is 13.2. The molecule has 0 bridgehead atoms. The predicted molar refractivity (Wildman–Crippen MR) is 71.5 cm³/mol. The van der Waals surface area contributed by atoms with E-state index in [1.165, 1.54) is 12.1 Å². The maximum atomic E-state index is 12.3. The number of ether oxygens (including phenoxy) is 1. The van der Waals surface area contributed by atoms with Crippen LogP contribution in [0.3, 0.4) is 0 Å². The molecule has 0 aromatic heterocycles. The van der Waals surface area contributed by atoms with Gasteiger partial charge in [0.05, 0.1) is 15.7 Å². The van der Waals surface area contributed by atoms with E-state index in [0.717, 1.165) is 12.8 Å². The molecular weight excluding hydrogens is 274 g/mol. The molecule has 1 saturated heterocycles. The molecule has 0 saturated carbocycles. The first kappa shape index (κ1) is 13.6. The van der Waals surface area contributed by atoms with Crippen molar-refractivity contribution in [3.8, 4) is 0 Å². The largest absolute Gasteiger partial charge is 0.399 e. The van der Waals surface area contributed by atoms with Crippen LogP contribution in [0.5, 0.6) is 0 Å². The first-order valence-electron chi connectivity index (χ1n) is 5.84. The lowest BCUT2D eigenvalue weighted by Gasteiger charge is -2.22. The standard InChI is InChI=1S/C12H16ClNO3S/c13-11-2-1-10(14)7-12(11)18(15,16)8-9-3-5-17-6-4-9/h1-2,7,9H,3-6,8,14H2. The molecule has 1 aromatic rings. The summed E-state index contributed by atoms with van der Waals surface area (Å²) >= 11 is 5.94. The molecule has 4 nitrogen and oxygen atoms in total. The molecular formula is C12H16ClNO3S. The van der Waals surface area contributed by atoms with E-state index >= 15 is 0 Å². The average molecular weight is 290 g/mol. The minimum Gasteiger partial charge on any atom is -0.399 e. The predicted octanol–water partition coefficient (Wildman–Crippen LogP) is 2.12. The molecule has 0 amide bonds. The Morgan fingerprint density at radius 2 is 2.00 bits per heavy atom. The van der Waals surface area contributed by atoms with Gasteiger partial charge in [-0.1, -0.05) is 11.6 Å². The summed E-state index contributed by atoms with van der Waals surface area (Å²) in [5, 5.41) is 0.233. The van der Waals surface area contributed by atoms with Gasteiger partial charge in [0.2, 0.25) is 0 Å². The molecule has 1 heterocycles. The first-order chi connectivity index (χ1) is 8.49. The van der Waals surface area contributed by atoms with Gasteiger partial charge in [0.1, 0.15) is 0 Å². The lowest BCUT2D eigenvalue weighted by atomic mass is 10.0. The summed E-state index contributed by atoms with van der Waals surface area (Å²) < 4.78 is 29.8. The summed E-state index contributed by atoms with van der Waals surface area (Å²) in [5.74, 6) is 0.251. The molecule has 0 radical (unpaired) electrons. The van der Waals surface area contributed by atoms with E-state index in [1.807, 2.05) is 0 Å². The Balaban J connectivity index is 2.21. The number of halogens is 1. The van der Waals surface area contributed by atoms with Crippen LogP contribution < -0.4 is 5.73 Å². The van der Waals surface area contributed by atoms with Gasteiger partial charge in [0, 0.05) is 18.9 Å². The van der Waals surface area contributed by atoms with Gasteiger partial charge in [-0.15, -0.1) is 0 Å². The van der Waals surface area contributed by atoms with Crippen molar-refractivity contribution in [1.29, 1.82) is 0 Å². The van der Waals surface area contributed by atoms with E-state index in [0.29, 0.717) is 18.9 Å². The van der Waals surface area contributed by atoms with E-state index in [4.69, 9.17) is 22.1 Å². The summed E-state index contributed by atoms with van der Waals surface area (Å²) in [4.78, 5) is 0.135. The van der Waals surface area contributed by atoms with E-state index in [2.05, 4.69) is 0 Å². The SMILES string of the molecule is Nc1ccc(Cl)c(S(=O)(=O)CC2CCOCC2)c1. The van der Waals surface area contributed by atoms with Crippen molar-refractivity contribution in [2.75, 3.05) is 24.7 Å². The maximum Gasteiger partial charge on any atom is 0.180 e. The zero-order valence-corrected chi connectivity index (χ0v) is 11.5. The highest BCUT2D eigenvalue weighted by Crippen LogP contribution is 2.28. The van der Waals surface area contributed by atoms with Crippen LogP contribution in [-0.4, -0.2) is 27.4 Å². The van der Waals surface area contributed by atoms with Crippen LogP contribution in [0.2, 0.25) is 5.02 Å². The van der Waals surface area contributed by atoms with Crippen LogP contribution in [0.4, 0.5) is 5.69 Å². The van der Waals surface area contributed by atoms with Gasteiger partial charge in [0.25, 0.3) is 0 Å². The van der Waals surface area contributed by atoms with Gasteiger partial charge in [-0.05, 0) is 37.0 Å². The highest BCUT2D eigenvalue weighted by atomic mass is 35.5. The van der Waals surface area contributed by atoms with Gasteiger partial charge in [0.15, 0.2) is 9.84 Å². The van der Waals surface area contributed by atoms with Gasteiger partial charge < -0.3 is 10.5 Å². The fourth-order valence-electron chi connectivity index (χ4n) is 2.07. The lowest BCUT2D eigenvalue weighted by molar-refractivity contribution is 0.0723. The highest BCUT2D eigenvalue weighted by molar-refractivity contribution is 7.91. The number of nitrogen functional groups attached to an aromatic ring is 1. The van der Waals surface area contributed by atoms with Gasteiger partial charge in [-0.2, -0.15) is 0 Å². The Labute approximate surface area is 112 Å². The minimum atomic E-state index is -3.38. The molecule has 0 atom stereocenters. The number of rotatable bonds is 3. The van der Waals surface area contributed by atoms with E-state index < -0.39 is 9.84 Å². The number of nitrogens with two attached hydrogens (primary N) is 1. The number of hydrogen-bond acceptors (Lipinski definition) is 4. The fourth-order valence-corrected chi connectivity index (χ4v) is 4.36. The Kier molecular flexibility index (Phi) is 4.14. The third-order valence-electron chi connectivity index (χ3n) is 3.09. The zero-order valence-electron chi connectivity index (χ0n) is 9.93. The van der Waals surface area contributed by atoms with Crippen LogP contribution in [0.1, 0.15) is 12.8 Å². The Morgan fingerprint density at radius 3 is 2.67 bits per heavy atom. The Hall–Kier alpha value is -0.780. The van der Waals surface area contributed by atoms with E-state index in [-0.39, 0.29) is 21.6 Å². The topological polar surface area (TPSA) is 69.4 Å². The second-order valence-corrected chi connectivity index (χ2v) is 6.94. The minimum absolute atomic E-state index is 0.111. The van der Waals surface area contributed by atoms with Crippen molar-refractivity contribution in [3.05, 3.63) is 23.2 Å². The number of anilines is 1. The molecule has 0 aliphatic carbocycles. The number of hydrogen-bond donors (Lipinski definition) is 1. The molecule has 1 aliphatic heterocycles. The van der Waals surface area contributed by atoms with E-state index in [1.54, 1.807) is 6.07 Å². The summed E-state index contributed by atoms with van der Waals surface area (Å²) in [5.41, 5.74) is 6.02. The highest BCUT2D eigenvalue weighted by Gasteiger charge is 2.25. The van der Waals surface area contributed by atoms with Crippen molar-refractivity contribution < 1.29 is 13.2 Å². The number of benzene rings is 1. The molecule has 2 N–H and O–H groups in total. The summed E-state index contributed by atoms with van der Waals surface area (Å²) in [6.45, 7) is 1.26. The molecule has 1 aromatic carbocycles. The molecule has 2 rings (SSSR count). The lowest BCUT2D eigenvalue weighted by Crippen LogP contribution is -2.23. The van der Waals surface area contributed by atoms with Gasteiger partial charge in [-0.25, -0.2) is 8.42 Å². The normalized spacial score (nSPS) is 17.8. The Bertz CT molecular complexity index is 524. The molecule has 0 unspecified atom stereocenters. The van der Waals surface area contributed by atoms with Gasteiger partial charge >= 0.3 is 0 Å². The van der Waals surface area contributed by atoms with Crippen LogP contribution in [0, 0.1) is 5.92 Å². The second kappa shape index (κ2) is 5.47. The van der Waals surface area contributed by atoms with Crippen LogP contribution >= 0.6 is 11.6 Å². The van der Waals surface area contributed by atoms with Crippen LogP contribution in [0.25, 0.3) is 0 Å². The summed E-state index contributed by atoms with van der Waals surface area (Å²) in [6.07, 6.45) is 1.55. The van der Waals surface area contributed by atoms with Crippen molar-refractivity contribution in [3.63, 3.8) is 0 Å². The Morgan fingerprint density at radius 1 is 1.33 bits per heavy atom. The monoisotopic (exact) mass is 289 g/mol. The first-order valence-corrected chi connectivity index (χ1v) is 7.87. The van der Waals surface area contributed by atoms with Crippen molar-refractivity contribution in [2.24, 2.45) is 5.92 Å². The third-order valence-corrected chi connectivity index (χ3v) is 5.45. The van der Waals surface area contributed by atoms with E-state index in [9.17, 15) is 8.42 Å². The molecule has 1 fully saturated rings. The molecule has 100 valence electrons. The van der Waals surface area contributed by atoms with Crippen molar-refractivity contribution in [2.45, 2.75) is 17.7 Å². The van der Waals surface area contributed by atoms with Gasteiger partial charge in [-0.3, -0.25) is 0 Å². The van der Waals surface area contributed by atoms with Crippen molar-refractivity contribution in [1.82, 2.24) is 0 Å². The fraction of sp³-hybridized carbons (Fsp3) is 0.500. The third kappa shape index (κ3) is 3.16. The molecule has 0 spiro atoms. The summed E-state index contributed by atoms with van der Waals surface area (Å²) in [6, 6.07) is 4.54. The number of sulfone groups is 1. The molecule has 1 aliphatic rings. The van der Waals surface area contributed by atoms with Crippen molar-refractivity contribution >= 4 is 27.1 Å². The second-order valence-electron chi connectivity index (χ2n) is 4.53. The average Bonchev–Trinajstić information content (AvgIpc) is 2.33. The quantitative estimate of drug-likeness (QED) is 0.866. The maximum absolute atomic E-state index is 12.3.